The number of nitriles is 1. The molecule has 0 unspecified atom stereocenters. The van der Waals surface area contributed by atoms with Gasteiger partial charge in [0.1, 0.15) is 24.1 Å². The molecule has 0 aliphatic rings. The molecule has 1 aromatic heterocycles. The summed E-state index contributed by atoms with van der Waals surface area (Å²) in [7, 11) is 0. The van der Waals surface area contributed by atoms with Crippen molar-refractivity contribution in [3.8, 4) is 17.6 Å². The molecule has 0 saturated heterocycles. The largest absolute Gasteiger partial charge is 0.456 e. The lowest BCUT2D eigenvalue weighted by atomic mass is 10.2. The number of rotatable bonds is 5. The van der Waals surface area contributed by atoms with E-state index in [0.717, 1.165) is 10.1 Å². The van der Waals surface area contributed by atoms with Gasteiger partial charge >= 0.3 is 0 Å². The minimum Gasteiger partial charge on any atom is -0.456 e. The molecular formula is C23H16N4O3. The van der Waals surface area contributed by atoms with E-state index in [4.69, 9.17) is 10.00 Å². The normalized spacial score (nSPS) is 10.4. The zero-order valence-corrected chi connectivity index (χ0v) is 15.8. The van der Waals surface area contributed by atoms with E-state index in [-0.39, 0.29) is 18.0 Å². The molecule has 0 atom stereocenters. The number of hydrogen-bond donors (Lipinski definition) is 1. The zero-order chi connectivity index (χ0) is 20.9. The summed E-state index contributed by atoms with van der Waals surface area (Å²) >= 11 is 0. The first kappa shape index (κ1) is 18.9. The standard InChI is InChI=1S/C23H16N4O3/c24-13-16-5-2-4-8-21(16)30-19-11-9-18(10-12-19)26-22(28)15-27-23(29)20-7-3-1-6-17(20)14-25-27/h1-12,14H,15H2,(H,26,28). The van der Waals surface area contributed by atoms with Crippen LogP contribution in [0.1, 0.15) is 5.56 Å². The highest BCUT2D eigenvalue weighted by Gasteiger charge is 2.09. The monoisotopic (exact) mass is 396 g/mol. The maximum Gasteiger partial charge on any atom is 0.275 e. The highest BCUT2D eigenvalue weighted by atomic mass is 16.5. The van der Waals surface area contributed by atoms with E-state index in [0.29, 0.717) is 28.1 Å². The van der Waals surface area contributed by atoms with E-state index >= 15 is 0 Å². The van der Waals surface area contributed by atoms with E-state index < -0.39 is 0 Å². The molecule has 30 heavy (non-hydrogen) atoms. The Labute approximate surface area is 171 Å². The Bertz CT molecular complexity index is 1320. The first-order valence-corrected chi connectivity index (χ1v) is 9.16. The summed E-state index contributed by atoms with van der Waals surface area (Å²) in [6.07, 6.45) is 1.56. The number of anilines is 1. The van der Waals surface area contributed by atoms with Gasteiger partial charge in [0.2, 0.25) is 5.91 Å². The van der Waals surface area contributed by atoms with Crippen molar-refractivity contribution in [2.75, 3.05) is 5.32 Å². The molecule has 1 N–H and O–H groups in total. The second-order valence-electron chi connectivity index (χ2n) is 6.48. The van der Waals surface area contributed by atoms with Crippen molar-refractivity contribution in [1.29, 1.82) is 5.26 Å². The molecule has 0 bridgehead atoms. The van der Waals surface area contributed by atoms with Crippen molar-refractivity contribution in [1.82, 2.24) is 9.78 Å². The molecular weight excluding hydrogens is 380 g/mol. The van der Waals surface area contributed by atoms with Crippen LogP contribution in [0.2, 0.25) is 0 Å². The van der Waals surface area contributed by atoms with Crippen LogP contribution in [-0.4, -0.2) is 15.7 Å². The summed E-state index contributed by atoms with van der Waals surface area (Å²) in [5.74, 6) is 0.616. The second kappa shape index (κ2) is 8.29. The summed E-state index contributed by atoms with van der Waals surface area (Å²) in [6.45, 7) is -0.197. The molecule has 1 amide bonds. The fourth-order valence-electron chi connectivity index (χ4n) is 2.96. The van der Waals surface area contributed by atoms with Crippen LogP contribution in [-0.2, 0) is 11.3 Å². The van der Waals surface area contributed by atoms with Crippen LogP contribution in [0.3, 0.4) is 0 Å². The van der Waals surface area contributed by atoms with E-state index in [1.807, 2.05) is 6.07 Å². The Morgan fingerprint density at radius 3 is 2.57 bits per heavy atom. The van der Waals surface area contributed by atoms with Crippen LogP contribution < -0.4 is 15.6 Å². The van der Waals surface area contributed by atoms with Crippen LogP contribution in [0.4, 0.5) is 5.69 Å². The smallest absolute Gasteiger partial charge is 0.275 e. The fourth-order valence-corrected chi connectivity index (χ4v) is 2.96. The number of ether oxygens (including phenoxy) is 1. The van der Waals surface area contributed by atoms with Crippen LogP contribution in [0.5, 0.6) is 11.5 Å². The van der Waals surface area contributed by atoms with E-state index in [2.05, 4.69) is 16.5 Å². The number of nitrogens with one attached hydrogen (secondary N) is 1. The fraction of sp³-hybridized carbons (Fsp3) is 0.0435. The molecule has 146 valence electrons. The highest BCUT2D eigenvalue weighted by molar-refractivity contribution is 5.90. The van der Waals surface area contributed by atoms with Gasteiger partial charge in [-0.25, -0.2) is 4.68 Å². The summed E-state index contributed by atoms with van der Waals surface area (Å²) in [5.41, 5.74) is 0.668. The topological polar surface area (TPSA) is 97.0 Å². The van der Waals surface area contributed by atoms with Gasteiger partial charge in [0.25, 0.3) is 5.56 Å². The van der Waals surface area contributed by atoms with Crippen molar-refractivity contribution in [2.45, 2.75) is 6.54 Å². The molecule has 0 fully saturated rings. The van der Waals surface area contributed by atoms with Gasteiger partial charge in [0.15, 0.2) is 0 Å². The van der Waals surface area contributed by atoms with Crippen molar-refractivity contribution < 1.29 is 9.53 Å². The molecule has 7 heteroatoms. The van der Waals surface area contributed by atoms with Crippen LogP contribution >= 0.6 is 0 Å². The molecule has 0 radical (unpaired) electrons. The van der Waals surface area contributed by atoms with Crippen molar-refractivity contribution in [3.05, 3.63) is 94.9 Å². The highest BCUT2D eigenvalue weighted by Crippen LogP contribution is 2.25. The third-order valence-corrected chi connectivity index (χ3v) is 4.43. The van der Waals surface area contributed by atoms with Gasteiger partial charge in [-0.15, -0.1) is 0 Å². The Kier molecular flexibility index (Phi) is 5.22. The lowest BCUT2D eigenvalue weighted by Crippen LogP contribution is -2.29. The Hall–Kier alpha value is -4.44. The predicted octanol–water partition coefficient (Wildman–Crippen LogP) is 3.70. The predicted molar refractivity (Wildman–Crippen MR) is 112 cm³/mol. The molecule has 0 saturated carbocycles. The minimum atomic E-state index is -0.372. The van der Waals surface area contributed by atoms with Gasteiger partial charge in [-0.3, -0.25) is 9.59 Å². The molecule has 1 heterocycles. The number of fused-ring (bicyclic) bond motifs is 1. The number of aromatic nitrogens is 2. The van der Waals surface area contributed by atoms with Crippen molar-refractivity contribution >= 4 is 22.4 Å². The Balaban J connectivity index is 1.44. The molecule has 0 spiro atoms. The van der Waals surface area contributed by atoms with Crippen LogP contribution in [0, 0.1) is 11.3 Å². The van der Waals surface area contributed by atoms with Crippen LogP contribution in [0.15, 0.2) is 83.8 Å². The molecule has 4 rings (SSSR count). The summed E-state index contributed by atoms with van der Waals surface area (Å²) < 4.78 is 6.85. The van der Waals surface area contributed by atoms with Gasteiger partial charge in [0.05, 0.1) is 17.1 Å². The summed E-state index contributed by atoms with van der Waals surface area (Å²) in [4.78, 5) is 24.8. The van der Waals surface area contributed by atoms with Crippen molar-refractivity contribution in [3.63, 3.8) is 0 Å². The van der Waals surface area contributed by atoms with Gasteiger partial charge in [-0.1, -0.05) is 30.3 Å². The number of carbonyl (C=O) groups excluding carboxylic acids is 1. The molecule has 7 nitrogen and oxygen atoms in total. The third-order valence-electron chi connectivity index (χ3n) is 4.43. The lowest BCUT2D eigenvalue weighted by molar-refractivity contribution is -0.117. The summed E-state index contributed by atoms with van der Waals surface area (Å²) in [5, 5.41) is 17.2. The van der Waals surface area contributed by atoms with Gasteiger partial charge < -0.3 is 10.1 Å². The maximum absolute atomic E-state index is 12.5. The number of para-hydroxylation sites is 1. The Morgan fingerprint density at radius 2 is 1.77 bits per heavy atom. The number of amides is 1. The average molecular weight is 396 g/mol. The lowest BCUT2D eigenvalue weighted by Gasteiger charge is -2.10. The van der Waals surface area contributed by atoms with E-state index in [9.17, 15) is 9.59 Å². The summed E-state index contributed by atoms with van der Waals surface area (Å²) in [6, 6.07) is 22.8. The molecule has 0 aliphatic carbocycles. The first-order chi connectivity index (χ1) is 14.6. The van der Waals surface area contributed by atoms with E-state index in [1.54, 1.807) is 72.9 Å². The number of nitrogens with zero attached hydrogens (tertiary/aromatic N) is 3. The zero-order valence-electron chi connectivity index (χ0n) is 15.8. The number of hydrogen-bond acceptors (Lipinski definition) is 5. The SMILES string of the molecule is N#Cc1ccccc1Oc1ccc(NC(=O)Cn2ncc3ccccc3c2=O)cc1. The molecule has 0 aliphatic heterocycles. The first-order valence-electron chi connectivity index (χ1n) is 9.16. The number of carbonyl (C=O) groups is 1. The second-order valence-corrected chi connectivity index (χ2v) is 6.48. The molecule has 3 aromatic carbocycles. The van der Waals surface area contributed by atoms with Crippen molar-refractivity contribution in [2.24, 2.45) is 0 Å². The average Bonchev–Trinajstić information content (AvgIpc) is 2.77. The van der Waals surface area contributed by atoms with Gasteiger partial charge in [-0.2, -0.15) is 10.4 Å². The van der Waals surface area contributed by atoms with E-state index in [1.165, 1.54) is 0 Å². The number of benzene rings is 3. The molecule has 4 aromatic rings. The third kappa shape index (κ3) is 4.03. The van der Waals surface area contributed by atoms with Gasteiger partial charge in [-0.05, 0) is 42.5 Å². The van der Waals surface area contributed by atoms with Crippen LogP contribution in [0.25, 0.3) is 10.8 Å². The Morgan fingerprint density at radius 1 is 1.03 bits per heavy atom. The quantitative estimate of drug-likeness (QED) is 0.555. The maximum atomic E-state index is 12.5. The minimum absolute atomic E-state index is 0.197. The van der Waals surface area contributed by atoms with Gasteiger partial charge in [0, 0.05) is 11.1 Å².